The maximum absolute atomic E-state index is 12.8. The Balaban J connectivity index is 1.76. The molecule has 8 nitrogen and oxygen atoms in total. The summed E-state index contributed by atoms with van der Waals surface area (Å²) in [5.74, 6) is 0.612. The molecule has 0 radical (unpaired) electrons. The summed E-state index contributed by atoms with van der Waals surface area (Å²) in [7, 11) is -1.14. The number of ether oxygens (including phenoxy) is 2. The van der Waals surface area contributed by atoms with Crippen molar-refractivity contribution in [3.05, 3.63) is 17.5 Å². The molecule has 10 heteroatoms. The first-order valence-corrected chi connectivity index (χ1v) is 15.4. The Bertz CT molecular complexity index is 938. The largest absolute Gasteiger partial charge is 0.444 e. The number of halogens is 1. The van der Waals surface area contributed by atoms with Crippen LogP contribution in [-0.2, 0) is 16.2 Å². The van der Waals surface area contributed by atoms with Gasteiger partial charge >= 0.3 is 6.09 Å². The molecule has 32 heavy (non-hydrogen) atoms. The molecule has 0 spiro atoms. The molecule has 0 aliphatic carbocycles. The van der Waals surface area contributed by atoms with E-state index in [9.17, 15) is 4.79 Å². The smallest absolute Gasteiger partial charge is 0.411 e. The van der Waals surface area contributed by atoms with Gasteiger partial charge in [0.2, 0.25) is 5.28 Å². The lowest BCUT2D eigenvalue weighted by atomic mass is 10.1. The van der Waals surface area contributed by atoms with E-state index in [2.05, 4.69) is 34.9 Å². The number of nitrogens with one attached hydrogen (secondary N) is 1. The van der Waals surface area contributed by atoms with Gasteiger partial charge in [0.25, 0.3) is 0 Å². The van der Waals surface area contributed by atoms with E-state index in [0.717, 1.165) is 37.3 Å². The molecule has 1 fully saturated rings. The molecule has 2 aromatic heterocycles. The van der Waals surface area contributed by atoms with Crippen LogP contribution in [0.4, 0.5) is 10.6 Å². The molecular formula is C22H36ClN5O3Si. The fourth-order valence-electron chi connectivity index (χ4n) is 3.57. The van der Waals surface area contributed by atoms with Gasteiger partial charge in [0.1, 0.15) is 30.0 Å². The highest BCUT2D eigenvalue weighted by Crippen LogP contribution is 2.27. The van der Waals surface area contributed by atoms with Crippen molar-refractivity contribution >= 4 is 42.6 Å². The van der Waals surface area contributed by atoms with Gasteiger partial charge in [-0.2, -0.15) is 9.97 Å². The first-order chi connectivity index (χ1) is 14.9. The number of hydrogen-bond acceptors (Lipinski definition) is 6. The highest BCUT2D eigenvalue weighted by molar-refractivity contribution is 6.76. The Kier molecular flexibility index (Phi) is 7.72. The van der Waals surface area contributed by atoms with Crippen LogP contribution in [0.1, 0.15) is 40.0 Å². The first-order valence-electron chi connectivity index (χ1n) is 11.3. The van der Waals surface area contributed by atoms with Crippen LogP contribution in [0.15, 0.2) is 12.3 Å². The molecule has 0 bridgehead atoms. The van der Waals surface area contributed by atoms with Crippen molar-refractivity contribution in [2.24, 2.45) is 0 Å². The number of carbonyl (C=O) groups excluding carboxylic acids is 1. The summed E-state index contributed by atoms with van der Waals surface area (Å²) in [6.45, 7) is 14.4. The van der Waals surface area contributed by atoms with Gasteiger partial charge in [-0.1, -0.05) is 19.6 Å². The van der Waals surface area contributed by atoms with Gasteiger partial charge in [-0.05, 0) is 63.7 Å². The van der Waals surface area contributed by atoms with Crippen molar-refractivity contribution in [3.63, 3.8) is 0 Å². The standard InChI is InChI=1S/C22H36ClN5O3Si/c1-22(2,3)31-21(29)28-11-8-7-9-17(28)24-18-16-10-12-27(19(16)26-20(23)25-18)15-30-13-14-32(4,5)6/h10,12,17H,7-9,11,13-15H2,1-6H3,(H,24,25,26). The van der Waals surface area contributed by atoms with E-state index in [1.54, 1.807) is 4.90 Å². The number of likely N-dealkylation sites (tertiary alicyclic amines) is 1. The number of aromatic nitrogens is 3. The average Bonchev–Trinajstić information content (AvgIpc) is 3.06. The Labute approximate surface area is 196 Å². The van der Waals surface area contributed by atoms with Gasteiger partial charge in [-0.15, -0.1) is 0 Å². The van der Waals surface area contributed by atoms with Crippen molar-refractivity contribution in [2.45, 2.75) is 84.2 Å². The third kappa shape index (κ3) is 6.83. The second-order valence-electron chi connectivity index (χ2n) is 10.5. The van der Waals surface area contributed by atoms with Gasteiger partial charge in [-0.3, -0.25) is 4.90 Å². The predicted octanol–water partition coefficient (Wildman–Crippen LogP) is 5.56. The molecule has 3 heterocycles. The minimum absolute atomic E-state index is 0.154. The summed E-state index contributed by atoms with van der Waals surface area (Å²) in [5.41, 5.74) is 0.164. The SMILES string of the molecule is CC(C)(C)OC(=O)N1CCCCC1Nc1nc(Cl)nc2c1ccn2COCC[Si](C)(C)C. The highest BCUT2D eigenvalue weighted by atomic mass is 35.5. The number of carbonyl (C=O) groups is 1. The van der Waals surface area contributed by atoms with E-state index in [1.807, 2.05) is 37.6 Å². The lowest BCUT2D eigenvalue weighted by molar-refractivity contribution is 0.0130. The second kappa shape index (κ2) is 9.97. The van der Waals surface area contributed by atoms with Gasteiger partial charge in [0, 0.05) is 27.4 Å². The van der Waals surface area contributed by atoms with Crippen LogP contribution in [0.2, 0.25) is 31.0 Å². The van der Waals surface area contributed by atoms with Crippen molar-refractivity contribution in [2.75, 3.05) is 18.5 Å². The van der Waals surface area contributed by atoms with Crippen molar-refractivity contribution in [1.82, 2.24) is 19.4 Å². The highest BCUT2D eigenvalue weighted by Gasteiger charge is 2.31. The summed E-state index contributed by atoms with van der Waals surface area (Å²) >= 11 is 6.26. The predicted molar refractivity (Wildman–Crippen MR) is 131 cm³/mol. The molecule has 0 saturated carbocycles. The van der Waals surface area contributed by atoms with E-state index >= 15 is 0 Å². The number of amides is 1. The Morgan fingerprint density at radius 3 is 2.72 bits per heavy atom. The maximum Gasteiger partial charge on any atom is 0.411 e. The minimum Gasteiger partial charge on any atom is -0.444 e. The maximum atomic E-state index is 12.8. The van der Waals surface area contributed by atoms with Crippen LogP contribution in [0.25, 0.3) is 11.0 Å². The number of rotatable bonds is 7. The molecule has 1 N–H and O–H groups in total. The zero-order chi connectivity index (χ0) is 23.5. The van der Waals surface area contributed by atoms with E-state index in [4.69, 9.17) is 21.1 Å². The average molecular weight is 482 g/mol. The lowest BCUT2D eigenvalue weighted by Crippen LogP contribution is -2.49. The zero-order valence-corrected chi connectivity index (χ0v) is 21.8. The molecule has 178 valence electrons. The Morgan fingerprint density at radius 2 is 2.03 bits per heavy atom. The van der Waals surface area contributed by atoms with Gasteiger partial charge in [-0.25, -0.2) is 4.79 Å². The normalized spacial score (nSPS) is 17.6. The first kappa shape index (κ1) is 24.8. The van der Waals surface area contributed by atoms with E-state index < -0.39 is 13.7 Å². The number of nitrogens with zero attached hydrogens (tertiary/aromatic N) is 4. The second-order valence-corrected chi connectivity index (χ2v) is 16.5. The third-order valence-corrected chi connectivity index (χ3v) is 7.13. The number of hydrogen-bond donors (Lipinski definition) is 1. The Hall–Kier alpha value is -1.84. The van der Waals surface area contributed by atoms with Crippen LogP contribution in [0, 0.1) is 0 Å². The number of anilines is 1. The summed E-state index contributed by atoms with van der Waals surface area (Å²) in [4.78, 5) is 23.3. The van der Waals surface area contributed by atoms with Crippen LogP contribution in [-0.4, -0.2) is 58.5 Å². The molecule has 3 rings (SSSR count). The molecule has 1 aliphatic heterocycles. The van der Waals surface area contributed by atoms with Crippen LogP contribution in [0.3, 0.4) is 0 Å². The quantitative estimate of drug-likeness (QED) is 0.317. The monoisotopic (exact) mass is 481 g/mol. The summed E-state index contributed by atoms with van der Waals surface area (Å²) < 4.78 is 13.4. The number of piperidine rings is 1. The van der Waals surface area contributed by atoms with Crippen molar-refractivity contribution < 1.29 is 14.3 Å². The van der Waals surface area contributed by atoms with E-state index in [1.165, 1.54) is 0 Å². The van der Waals surface area contributed by atoms with E-state index in [0.29, 0.717) is 24.7 Å². The molecule has 2 aromatic rings. The zero-order valence-electron chi connectivity index (χ0n) is 20.1. The molecule has 1 amide bonds. The topological polar surface area (TPSA) is 81.5 Å². The lowest BCUT2D eigenvalue weighted by Gasteiger charge is -2.37. The molecule has 1 atom stereocenters. The van der Waals surface area contributed by atoms with Gasteiger partial charge < -0.3 is 19.4 Å². The summed E-state index contributed by atoms with van der Waals surface area (Å²) in [6, 6.07) is 3.06. The summed E-state index contributed by atoms with van der Waals surface area (Å²) in [5, 5.41) is 4.42. The van der Waals surface area contributed by atoms with Crippen molar-refractivity contribution in [3.8, 4) is 0 Å². The number of fused-ring (bicyclic) bond motifs is 1. The third-order valence-electron chi connectivity index (χ3n) is 5.25. The fraction of sp³-hybridized carbons (Fsp3) is 0.682. The molecule has 0 aromatic carbocycles. The van der Waals surface area contributed by atoms with Crippen molar-refractivity contribution in [1.29, 1.82) is 0 Å². The van der Waals surface area contributed by atoms with Crippen LogP contribution in [0.5, 0.6) is 0 Å². The van der Waals surface area contributed by atoms with Gasteiger partial charge in [0.15, 0.2) is 0 Å². The van der Waals surface area contributed by atoms with E-state index in [-0.39, 0.29) is 17.5 Å². The molecule has 1 aliphatic rings. The minimum atomic E-state index is -1.14. The Morgan fingerprint density at radius 1 is 1.28 bits per heavy atom. The molecular weight excluding hydrogens is 446 g/mol. The fourth-order valence-corrected chi connectivity index (χ4v) is 4.49. The summed E-state index contributed by atoms with van der Waals surface area (Å²) in [6.07, 6.45) is 4.17. The molecule has 1 saturated heterocycles. The molecule has 1 unspecified atom stereocenters. The van der Waals surface area contributed by atoms with Crippen LogP contribution >= 0.6 is 11.6 Å². The van der Waals surface area contributed by atoms with Crippen LogP contribution < -0.4 is 5.32 Å². The van der Waals surface area contributed by atoms with Gasteiger partial charge in [0.05, 0.1) is 5.39 Å².